The van der Waals surface area contributed by atoms with Crippen molar-refractivity contribution in [2.45, 2.75) is 39.2 Å². The highest BCUT2D eigenvalue weighted by atomic mass is 16.4. The highest BCUT2D eigenvalue weighted by molar-refractivity contribution is 5.95. The molecule has 0 saturated heterocycles. The Balaban J connectivity index is 3.64. The van der Waals surface area contributed by atoms with Gasteiger partial charge in [0, 0.05) is 19.0 Å². The summed E-state index contributed by atoms with van der Waals surface area (Å²) < 4.78 is 0. The first-order valence-corrected chi connectivity index (χ1v) is 6.32. The van der Waals surface area contributed by atoms with E-state index in [-0.39, 0.29) is 12.8 Å². The fourth-order valence-electron chi connectivity index (χ4n) is 1.24. The molecule has 0 aliphatic heterocycles. The Morgan fingerprint density at radius 3 is 2.37 bits per heavy atom. The van der Waals surface area contributed by atoms with Crippen molar-refractivity contribution in [3.05, 3.63) is 0 Å². The summed E-state index contributed by atoms with van der Waals surface area (Å²) in [5.74, 6) is -1.65. The van der Waals surface area contributed by atoms with Gasteiger partial charge in [-0.1, -0.05) is 0 Å². The van der Waals surface area contributed by atoms with Gasteiger partial charge in [0.25, 0.3) is 0 Å². The predicted molar refractivity (Wildman–Crippen MR) is 70.8 cm³/mol. The lowest BCUT2D eigenvalue weighted by Gasteiger charge is -2.20. The van der Waals surface area contributed by atoms with Crippen LogP contribution in [0.25, 0.3) is 0 Å². The lowest BCUT2D eigenvalue weighted by Crippen LogP contribution is -2.40. The third-order valence-electron chi connectivity index (χ3n) is 2.67. The second-order valence-corrected chi connectivity index (χ2v) is 4.63. The Hall–Kier alpha value is -1.63. The maximum atomic E-state index is 11.3. The third-order valence-corrected chi connectivity index (χ3v) is 2.67. The van der Waals surface area contributed by atoms with Crippen LogP contribution in [0.5, 0.6) is 0 Å². The van der Waals surface area contributed by atoms with Gasteiger partial charge >= 0.3 is 12.0 Å². The highest BCUT2D eigenvalue weighted by Crippen LogP contribution is 1.94. The minimum Gasteiger partial charge on any atom is -0.481 e. The van der Waals surface area contributed by atoms with Crippen LogP contribution in [-0.4, -0.2) is 54.1 Å². The fourth-order valence-corrected chi connectivity index (χ4v) is 1.24. The Morgan fingerprint density at radius 1 is 1.21 bits per heavy atom. The number of carbonyl (C=O) groups is 3. The van der Waals surface area contributed by atoms with E-state index in [9.17, 15) is 14.4 Å². The molecule has 0 unspecified atom stereocenters. The average molecular weight is 273 g/mol. The molecule has 0 heterocycles. The Kier molecular flexibility index (Phi) is 8.52. The summed E-state index contributed by atoms with van der Waals surface area (Å²) in [5, 5.41) is 13.0. The van der Waals surface area contributed by atoms with Crippen LogP contribution in [0, 0.1) is 0 Å². The largest absolute Gasteiger partial charge is 0.481 e. The number of urea groups is 1. The number of hydrogen-bond donors (Lipinski definition) is 3. The standard InChI is InChI=1S/C12H23N3O4/c1-9(2)15(3)8-4-7-13-12(19)14-10(16)5-6-11(17)18/h9H,4-8H2,1-3H3,(H,17,18)(H2,13,14,16,19). The summed E-state index contributed by atoms with van der Waals surface area (Å²) in [6, 6.07) is -0.131. The molecule has 110 valence electrons. The van der Waals surface area contributed by atoms with E-state index in [1.54, 1.807) is 0 Å². The van der Waals surface area contributed by atoms with E-state index in [1.807, 2.05) is 7.05 Å². The van der Waals surface area contributed by atoms with E-state index in [0.29, 0.717) is 12.6 Å². The van der Waals surface area contributed by atoms with Crippen molar-refractivity contribution >= 4 is 17.9 Å². The van der Waals surface area contributed by atoms with Gasteiger partial charge in [-0.05, 0) is 33.9 Å². The molecular weight excluding hydrogens is 250 g/mol. The zero-order valence-electron chi connectivity index (χ0n) is 11.7. The zero-order valence-corrected chi connectivity index (χ0v) is 11.7. The summed E-state index contributed by atoms with van der Waals surface area (Å²) in [4.78, 5) is 34.8. The number of aliphatic carboxylic acids is 1. The van der Waals surface area contributed by atoms with Crippen LogP contribution in [0.3, 0.4) is 0 Å². The second kappa shape index (κ2) is 9.32. The highest BCUT2D eigenvalue weighted by Gasteiger charge is 2.09. The number of rotatable bonds is 8. The van der Waals surface area contributed by atoms with Gasteiger partial charge in [-0.2, -0.15) is 0 Å². The van der Waals surface area contributed by atoms with Crippen LogP contribution in [0.1, 0.15) is 33.1 Å². The Labute approximate surface area is 113 Å². The van der Waals surface area contributed by atoms with Crippen LogP contribution in [0.4, 0.5) is 4.79 Å². The van der Waals surface area contributed by atoms with Gasteiger partial charge in [-0.25, -0.2) is 4.79 Å². The quantitative estimate of drug-likeness (QED) is 0.556. The van der Waals surface area contributed by atoms with Crippen LogP contribution < -0.4 is 10.6 Å². The summed E-state index contributed by atoms with van der Waals surface area (Å²) in [5.41, 5.74) is 0. The molecule has 0 fully saturated rings. The molecule has 0 bridgehead atoms. The van der Waals surface area contributed by atoms with E-state index in [0.717, 1.165) is 13.0 Å². The molecule has 0 aromatic heterocycles. The Morgan fingerprint density at radius 2 is 1.84 bits per heavy atom. The molecule has 3 amide bonds. The van der Waals surface area contributed by atoms with Gasteiger partial charge in [0.15, 0.2) is 0 Å². The molecule has 0 aromatic rings. The lowest BCUT2D eigenvalue weighted by atomic mass is 10.3. The molecule has 7 heteroatoms. The maximum Gasteiger partial charge on any atom is 0.321 e. The van der Waals surface area contributed by atoms with Crippen molar-refractivity contribution in [2.75, 3.05) is 20.1 Å². The van der Waals surface area contributed by atoms with Crippen molar-refractivity contribution in [1.82, 2.24) is 15.5 Å². The van der Waals surface area contributed by atoms with E-state index >= 15 is 0 Å². The van der Waals surface area contributed by atoms with Crippen molar-refractivity contribution in [2.24, 2.45) is 0 Å². The zero-order chi connectivity index (χ0) is 14.8. The van der Waals surface area contributed by atoms with Crippen molar-refractivity contribution in [3.63, 3.8) is 0 Å². The molecule has 0 rings (SSSR count). The molecule has 7 nitrogen and oxygen atoms in total. The third kappa shape index (κ3) is 10.0. The summed E-state index contributed by atoms with van der Waals surface area (Å²) in [6.07, 6.45) is 0.308. The first-order valence-electron chi connectivity index (χ1n) is 6.32. The van der Waals surface area contributed by atoms with Gasteiger partial charge in [-0.15, -0.1) is 0 Å². The molecule has 0 spiro atoms. The van der Waals surface area contributed by atoms with Crippen molar-refractivity contribution in [3.8, 4) is 0 Å². The molecule has 0 atom stereocenters. The molecule has 19 heavy (non-hydrogen) atoms. The van der Waals surface area contributed by atoms with Gasteiger partial charge in [0.05, 0.1) is 6.42 Å². The van der Waals surface area contributed by atoms with Crippen molar-refractivity contribution < 1.29 is 19.5 Å². The van der Waals surface area contributed by atoms with Crippen molar-refractivity contribution in [1.29, 1.82) is 0 Å². The number of nitrogens with zero attached hydrogens (tertiary/aromatic N) is 1. The topological polar surface area (TPSA) is 98.7 Å². The molecule has 0 aliphatic rings. The van der Waals surface area contributed by atoms with Gasteiger partial charge < -0.3 is 15.3 Å². The van der Waals surface area contributed by atoms with Crippen LogP contribution in [0.2, 0.25) is 0 Å². The fraction of sp³-hybridized carbons (Fsp3) is 0.750. The first-order chi connectivity index (χ1) is 8.82. The minimum atomic E-state index is -1.06. The average Bonchev–Trinajstić information content (AvgIpc) is 2.31. The number of amides is 3. The molecule has 0 aromatic carbocycles. The summed E-state index contributed by atoms with van der Waals surface area (Å²) in [6.45, 7) is 5.49. The number of carbonyl (C=O) groups excluding carboxylic acids is 2. The SMILES string of the molecule is CC(C)N(C)CCCNC(=O)NC(=O)CCC(=O)O. The second-order valence-electron chi connectivity index (χ2n) is 4.63. The Bertz CT molecular complexity index is 318. The number of carboxylic acid groups (broad SMARTS) is 1. The van der Waals surface area contributed by atoms with E-state index in [2.05, 4.69) is 29.4 Å². The number of nitrogens with one attached hydrogen (secondary N) is 2. The maximum absolute atomic E-state index is 11.3. The monoisotopic (exact) mass is 273 g/mol. The normalized spacial score (nSPS) is 10.6. The number of carboxylic acids is 1. The van der Waals surface area contributed by atoms with E-state index in [1.165, 1.54) is 0 Å². The van der Waals surface area contributed by atoms with Gasteiger partial charge in [0.1, 0.15) is 0 Å². The lowest BCUT2D eigenvalue weighted by molar-refractivity contribution is -0.138. The molecule has 0 aliphatic carbocycles. The summed E-state index contributed by atoms with van der Waals surface area (Å²) in [7, 11) is 2.00. The first kappa shape index (κ1) is 17.4. The van der Waals surface area contributed by atoms with Gasteiger partial charge in [0.2, 0.25) is 5.91 Å². The molecule has 0 radical (unpaired) electrons. The molecular formula is C12H23N3O4. The minimum absolute atomic E-state index is 0.196. The van der Waals surface area contributed by atoms with E-state index < -0.39 is 17.9 Å². The number of imide groups is 1. The van der Waals surface area contributed by atoms with Gasteiger partial charge in [-0.3, -0.25) is 14.9 Å². The van der Waals surface area contributed by atoms with Crippen LogP contribution in [-0.2, 0) is 9.59 Å². The van der Waals surface area contributed by atoms with Crippen LogP contribution in [0.15, 0.2) is 0 Å². The molecule has 3 N–H and O–H groups in total. The predicted octanol–water partition coefficient (Wildman–Crippen LogP) is 0.407. The van der Waals surface area contributed by atoms with Crippen LogP contribution >= 0.6 is 0 Å². The van der Waals surface area contributed by atoms with E-state index in [4.69, 9.17) is 5.11 Å². The molecule has 0 saturated carbocycles. The summed E-state index contributed by atoms with van der Waals surface area (Å²) >= 11 is 0. The smallest absolute Gasteiger partial charge is 0.321 e. The number of hydrogen-bond acceptors (Lipinski definition) is 4.